The van der Waals surface area contributed by atoms with Crippen molar-refractivity contribution in [2.24, 2.45) is 5.73 Å². The van der Waals surface area contributed by atoms with E-state index in [-0.39, 0.29) is 0 Å². The summed E-state index contributed by atoms with van der Waals surface area (Å²) in [6.45, 7) is 8.27. The number of hydrogen-bond donors (Lipinski definition) is 1. The standard InChI is InChI=1S/C13H24N4/c1-10(2)17-9-11(3)15-13(17)16-7-5-4-6-12(16)8-14/h9-10,12H,4-8,14H2,1-3H3. The Balaban J connectivity index is 2.30. The van der Waals surface area contributed by atoms with Crippen LogP contribution in [0, 0.1) is 6.92 Å². The molecule has 2 N–H and O–H groups in total. The molecule has 0 amide bonds. The molecule has 4 heteroatoms. The van der Waals surface area contributed by atoms with Crippen molar-refractivity contribution in [1.82, 2.24) is 9.55 Å². The minimum Gasteiger partial charge on any atom is -0.338 e. The van der Waals surface area contributed by atoms with Crippen LogP contribution >= 0.6 is 0 Å². The molecule has 0 radical (unpaired) electrons. The van der Waals surface area contributed by atoms with Gasteiger partial charge in [-0.3, -0.25) is 0 Å². The van der Waals surface area contributed by atoms with E-state index >= 15 is 0 Å². The van der Waals surface area contributed by atoms with E-state index in [2.05, 4.69) is 41.4 Å². The van der Waals surface area contributed by atoms with Gasteiger partial charge >= 0.3 is 0 Å². The highest BCUT2D eigenvalue weighted by molar-refractivity contribution is 5.36. The number of aromatic nitrogens is 2. The van der Waals surface area contributed by atoms with Gasteiger partial charge in [-0.05, 0) is 40.0 Å². The molecule has 0 aliphatic carbocycles. The van der Waals surface area contributed by atoms with Gasteiger partial charge in [0.25, 0.3) is 0 Å². The second-order valence-corrected chi connectivity index (χ2v) is 5.26. The average molecular weight is 236 g/mol. The van der Waals surface area contributed by atoms with Crippen LogP contribution in [0.3, 0.4) is 0 Å². The lowest BCUT2D eigenvalue weighted by Gasteiger charge is -2.36. The second-order valence-electron chi connectivity index (χ2n) is 5.26. The Kier molecular flexibility index (Phi) is 3.72. The molecule has 1 saturated heterocycles. The first-order valence-electron chi connectivity index (χ1n) is 6.65. The van der Waals surface area contributed by atoms with Gasteiger partial charge in [0.2, 0.25) is 5.95 Å². The predicted octanol–water partition coefficient (Wildman–Crippen LogP) is 2.09. The lowest BCUT2D eigenvalue weighted by Crippen LogP contribution is -2.45. The summed E-state index contributed by atoms with van der Waals surface area (Å²) in [6, 6.07) is 0.912. The third kappa shape index (κ3) is 2.46. The van der Waals surface area contributed by atoms with Crippen LogP contribution < -0.4 is 10.6 Å². The maximum absolute atomic E-state index is 5.89. The molecule has 0 bridgehead atoms. The van der Waals surface area contributed by atoms with Gasteiger partial charge in [-0.15, -0.1) is 0 Å². The predicted molar refractivity (Wildman–Crippen MR) is 71.4 cm³/mol. The molecule has 1 atom stereocenters. The van der Waals surface area contributed by atoms with Gasteiger partial charge in [0.1, 0.15) is 0 Å². The molecular formula is C13H24N4. The van der Waals surface area contributed by atoms with E-state index in [9.17, 15) is 0 Å². The average Bonchev–Trinajstić information content (AvgIpc) is 2.71. The maximum atomic E-state index is 5.89. The largest absolute Gasteiger partial charge is 0.338 e. The lowest BCUT2D eigenvalue weighted by molar-refractivity contribution is 0.446. The van der Waals surface area contributed by atoms with Crippen molar-refractivity contribution in [3.63, 3.8) is 0 Å². The monoisotopic (exact) mass is 236 g/mol. The number of nitrogens with two attached hydrogens (primary N) is 1. The zero-order chi connectivity index (χ0) is 12.4. The first-order valence-corrected chi connectivity index (χ1v) is 6.65. The Morgan fingerprint density at radius 3 is 2.88 bits per heavy atom. The zero-order valence-corrected chi connectivity index (χ0v) is 11.2. The van der Waals surface area contributed by atoms with Gasteiger partial charge in [-0.1, -0.05) is 0 Å². The minimum absolute atomic E-state index is 0.451. The van der Waals surface area contributed by atoms with E-state index in [0.29, 0.717) is 12.1 Å². The molecule has 1 unspecified atom stereocenters. The molecule has 1 fully saturated rings. The van der Waals surface area contributed by atoms with Crippen LogP contribution in [0.15, 0.2) is 6.20 Å². The Hall–Kier alpha value is -1.03. The van der Waals surface area contributed by atoms with E-state index < -0.39 is 0 Å². The van der Waals surface area contributed by atoms with Crippen LogP contribution in [0.5, 0.6) is 0 Å². The fourth-order valence-corrected chi connectivity index (χ4v) is 2.60. The third-order valence-corrected chi connectivity index (χ3v) is 3.55. The summed E-state index contributed by atoms with van der Waals surface area (Å²) in [4.78, 5) is 7.09. The van der Waals surface area contributed by atoms with Crippen LogP contribution in [0.2, 0.25) is 0 Å². The smallest absolute Gasteiger partial charge is 0.206 e. The number of rotatable bonds is 3. The molecule has 1 aromatic heterocycles. The molecule has 4 nitrogen and oxygen atoms in total. The molecule has 1 aliphatic heterocycles. The van der Waals surface area contributed by atoms with Crippen LogP contribution in [0.1, 0.15) is 44.8 Å². The van der Waals surface area contributed by atoms with Crippen molar-refractivity contribution < 1.29 is 0 Å². The van der Waals surface area contributed by atoms with Gasteiger partial charge in [0.05, 0.1) is 5.69 Å². The van der Waals surface area contributed by atoms with Crippen molar-refractivity contribution in [3.05, 3.63) is 11.9 Å². The lowest BCUT2D eigenvalue weighted by atomic mass is 10.0. The third-order valence-electron chi connectivity index (χ3n) is 3.55. The summed E-state index contributed by atoms with van der Waals surface area (Å²) in [7, 11) is 0. The number of hydrogen-bond acceptors (Lipinski definition) is 3. The van der Waals surface area contributed by atoms with Crippen molar-refractivity contribution >= 4 is 5.95 Å². The van der Waals surface area contributed by atoms with E-state index in [1.807, 2.05) is 0 Å². The van der Waals surface area contributed by atoms with Gasteiger partial charge in [0.15, 0.2) is 0 Å². The van der Waals surface area contributed by atoms with Crippen LogP contribution in [0.25, 0.3) is 0 Å². The Bertz CT molecular complexity index is 369. The molecule has 17 heavy (non-hydrogen) atoms. The fraction of sp³-hybridized carbons (Fsp3) is 0.769. The first kappa shape index (κ1) is 12.4. The van der Waals surface area contributed by atoms with Gasteiger partial charge < -0.3 is 15.2 Å². The van der Waals surface area contributed by atoms with E-state index in [0.717, 1.165) is 24.7 Å². The number of aryl methyl sites for hydroxylation is 1. The topological polar surface area (TPSA) is 47.1 Å². The minimum atomic E-state index is 0.451. The summed E-state index contributed by atoms with van der Waals surface area (Å²) in [5.74, 6) is 1.10. The Morgan fingerprint density at radius 2 is 2.24 bits per heavy atom. The van der Waals surface area contributed by atoms with Crippen molar-refractivity contribution in [2.45, 2.75) is 52.1 Å². The van der Waals surface area contributed by atoms with Crippen LogP contribution in [-0.2, 0) is 0 Å². The van der Waals surface area contributed by atoms with Crippen LogP contribution in [0.4, 0.5) is 5.95 Å². The molecule has 2 heterocycles. The highest BCUT2D eigenvalue weighted by Crippen LogP contribution is 2.26. The van der Waals surface area contributed by atoms with E-state index in [1.54, 1.807) is 0 Å². The van der Waals surface area contributed by atoms with Crippen molar-refractivity contribution in [1.29, 1.82) is 0 Å². The molecule has 0 aromatic carbocycles. The molecule has 0 spiro atoms. The number of piperidine rings is 1. The van der Waals surface area contributed by atoms with Gasteiger partial charge in [-0.2, -0.15) is 0 Å². The first-order chi connectivity index (χ1) is 8.13. The maximum Gasteiger partial charge on any atom is 0.206 e. The zero-order valence-electron chi connectivity index (χ0n) is 11.2. The number of imidazole rings is 1. The Labute approximate surface area is 104 Å². The molecule has 0 saturated carbocycles. The normalized spacial score (nSPS) is 21.2. The highest BCUT2D eigenvalue weighted by atomic mass is 15.3. The summed E-state index contributed by atoms with van der Waals surface area (Å²) >= 11 is 0. The van der Waals surface area contributed by atoms with Gasteiger partial charge in [-0.25, -0.2) is 4.98 Å². The molecule has 1 aliphatic rings. The molecular weight excluding hydrogens is 212 g/mol. The quantitative estimate of drug-likeness (QED) is 0.874. The van der Waals surface area contributed by atoms with Crippen molar-refractivity contribution in [2.75, 3.05) is 18.0 Å². The second kappa shape index (κ2) is 5.08. The molecule has 2 rings (SSSR count). The van der Waals surface area contributed by atoms with Crippen molar-refractivity contribution in [3.8, 4) is 0 Å². The Morgan fingerprint density at radius 1 is 1.47 bits per heavy atom. The highest BCUT2D eigenvalue weighted by Gasteiger charge is 2.25. The summed E-state index contributed by atoms with van der Waals surface area (Å²) in [6.07, 6.45) is 5.88. The molecule has 96 valence electrons. The fourth-order valence-electron chi connectivity index (χ4n) is 2.60. The SMILES string of the molecule is Cc1cn(C(C)C)c(N2CCCCC2CN)n1. The van der Waals surface area contributed by atoms with Gasteiger partial charge in [0, 0.05) is 31.4 Å². The summed E-state index contributed by atoms with van der Waals surface area (Å²) in [5, 5.41) is 0. The summed E-state index contributed by atoms with van der Waals surface area (Å²) < 4.78 is 2.27. The number of nitrogens with zero attached hydrogens (tertiary/aromatic N) is 3. The molecule has 1 aromatic rings. The van der Waals surface area contributed by atoms with E-state index in [1.165, 1.54) is 19.3 Å². The summed E-state index contributed by atoms with van der Waals surface area (Å²) in [5.41, 5.74) is 6.98. The van der Waals surface area contributed by atoms with E-state index in [4.69, 9.17) is 5.73 Å². The number of anilines is 1. The van der Waals surface area contributed by atoms with Crippen LogP contribution in [-0.4, -0.2) is 28.7 Å².